The Morgan fingerprint density at radius 1 is 0.938 bits per heavy atom. The Kier molecular flexibility index (Phi) is 2.17. The third kappa shape index (κ3) is 1.58. The van der Waals surface area contributed by atoms with Gasteiger partial charge in [-0.1, -0.05) is 42.0 Å². The molecule has 2 aromatic carbocycles. The van der Waals surface area contributed by atoms with E-state index in [4.69, 9.17) is 0 Å². The van der Waals surface area contributed by atoms with Crippen molar-refractivity contribution in [2.24, 2.45) is 0 Å². The number of benzene rings is 2. The Bertz CT molecular complexity index is 511. The Labute approximate surface area is 96.1 Å². The van der Waals surface area contributed by atoms with Crippen LogP contribution in [0.4, 0.5) is 5.69 Å². The van der Waals surface area contributed by atoms with Crippen molar-refractivity contribution in [1.29, 1.82) is 0 Å². The summed E-state index contributed by atoms with van der Waals surface area (Å²) in [5.74, 6) is 0. The Morgan fingerprint density at radius 2 is 1.69 bits per heavy atom. The number of hydrogen-bond donors (Lipinski definition) is 1. The molecule has 1 heteroatoms. The van der Waals surface area contributed by atoms with Crippen molar-refractivity contribution in [3.05, 3.63) is 53.6 Å². The first-order chi connectivity index (χ1) is 7.83. The molecule has 0 atom stereocenters. The number of anilines is 1. The van der Waals surface area contributed by atoms with E-state index >= 15 is 0 Å². The lowest BCUT2D eigenvalue weighted by atomic mass is 10.0. The fourth-order valence-electron chi connectivity index (χ4n) is 2.22. The zero-order valence-electron chi connectivity index (χ0n) is 9.46. The maximum atomic E-state index is 3.42. The summed E-state index contributed by atoms with van der Waals surface area (Å²) < 4.78 is 0. The zero-order chi connectivity index (χ0) is 11.0. The molecule has 0 aliphatic carbocycles. The van der Waals surface area contributed by atoms with Gasteiger partial charge in [-0.25, -0.2) is 0 Å². The molecule has 0 spiro atoms. The SMILES string of the molecule is Cc1ccc(-c2ccc3c(c2)NCC3)cc1. The number of hydrogen-bond acceptors (Lipinski definition) is 1. The molecule has 2 aromatic rings. The number of nitrogens with one attached hydrogen (secondary N) is 1. The fourth-order valence-corrected chi connectivity index (χ4v) is 2.22. The highest BCUT2D eigenvalue weighted by atomic mass is 14.9. The van der Waals surface area contributed by atoms with E-state index in [0.29, 0.717) is 0 Å². The molecule has 0 unspecified atom stereocenters. The standard InChI is InChI=1S/C15H15N/c1-11-2-4-12(5-3-11)14-7-6-13-8-9-16-15(13)10-14/h2-7,10,16H,8-9H2,1H3. The number of rotatable bonds is 1. The summed E-state index contributed by atoms with van der Waals surface area (Å²) in [6.07, 6.45) is 1.16. The minimum Gasteiger partial charge on any atom is -0.384 e. The minimum absolute atomic E-state index is 1.08. The second kappa shape index (κ2) is 3.67. The summed E-state index contributed by atoms with van der Waals surface area (Å²) in [5, 5.41) is 3.42. The van der Waals surface area contributed by atoms with Gasteiger partial charge in [0.1, 0.15) is 0 Å². The average molecular weight is 209 g/mol. The van der Waals surface area contributed by atoms with Crippen molar-refractivity contribution in [3.8, 4) is 11.1 Å². The molecule has 0 fully saturated rings. The number of aryl methyl sites for hydroxylation is 1. The van der Waals surface area contributed by atoms with E-state index in [0.717, 1.165) is 13.0 Å². The highest BCUT2D eigenvalue weighted by molar-refractivity contribution is 5.71. The molecule has 0 amide bonds. The molecule has 1 nitrogen and oxygen atoms in total. The summed E-state index contributed by atoms with van der Waals surface area (Å²) in [6, 6.07) is 15.4. The van der Waals surface area contributed by atoms with Gasteiger partial charge in [0.05, 0.1) is 0 Å². The lowest BCUT2D eigenvalue weighted by Crippen LogP contribution is -1.91. The summed E-state index contributed by atoms with van der Waals surface area (Å²) in [7, 11) is 0. The largest absolute Gasteiger partial charge is 0.384 e. The fraction of sp³-hybridized carbons (Fsp3) is 0.200. The summed E-state index contributed by atoms with van der Waals surface area (Å²) in [6.45, 7) is 3.20. The van der Waals surface area contributed by atoms with Crippen LogP contribution in [0.1, 0.15) is 11.1 Å². The lowest BCUT2D eigenvalue weighted by molar-refractivity contribution is 1.11. The van der Waals surface area contributed by atoms with Crippen LogP contribution in [-0.2, 0) is 6.42 Å². The summed E-state index contributed by atoms with van der Waals surface area (Å²) in [5.41, 5.74) is 6.65. The second-order valence-electron chi connectivity index (χ2n) is 4.41. The molecule has 0 saturated carbocycles. The maximum absolute atomic E-state index is 3.42. The van der Waals surface area contributed by atoms with Crippen molar-refractivity contribution in [3.63, 3.8) is 0 Å². The van der Waals surface area contributed by atoms with Crippen molar-refractivity contribution >= 4 is 5.69 Å². The quantitative estimate of drug-likeness (QED) is 0.756. The highest BCUT2D eigenvalue weighted by Gasteiger charge is 2.10. The van der Waals surface area contributed by atoms with E-state index in [9.17, 15) is 0 Å². The third-order valence-corrected chi connectivity index (χ3v) is 3.20. The van der Waals surface area contributed by atoms with Gasteiger partial charge in [0.2, 0.25) is 0 Å². The zero-order valence-corrected chi connectivity index (χ0v) is 9.46. The molecule has 0 radical (unpaired) electrons. The first-order valence-corrected chi connectivity index (χ1v) is 5.77. The van der Waals surface area contributed by atoms with Crippen molar-refractivity contribution in [1.82, 2.24) is 0 Å². The molecular formula is C15H15N. The van der Waals surface area contributed by atoms with Crippen molar-refractivity contribution < 1.29 is 0 Å². The van der Waals surface area contributed by atoms with E-state index in [-0.39, 0.29) is 0 Å². The van der Waals surface area contributed by atoms with Gasteiger partial charge in [-0.2, -0.15) is 0 Å². The van der Waals surface area contributed by atoms with E-state index < -0.39 is 0 Å². The molecule has 1 aliphatic heterocycles. The third-order valence-electron chi connectivity index (χ3n) is 3.20. The van der Waals surface area contributed by atoms with Gasteiger partial charge < -0.3 is 5.32 Å². The van der Waals surface area contributed by atoms with Crippen molar-refractivity contribution in [2.45, 2.75) is 13.3 Å². The molecule has 1 N–H and O–H groups in total. The van der Waals surface area contributed by atoms with Crippen LogP contribution in [0.5, 0.6) is 0 Å². The van der Waals surface area contributed by atoms with Crippen LogP contribution in [0.15, 0.2) is 42.5 Å². The van der Waals surface area contributed by atoms with Gasteiger partial charge in [0.25, 0.3) is 0 Å². The van der Waals surface area contributed by atoms with Crippen LogP contribution in [-0.4, -0.2) is 6.54 Å². The summed E-state index contributed by atoms with van der Waals surface area (Å²) >= 11 is 0. The maximum Gasteiger partial charge on any atom is 0.0379 e. The normalized spacial score (nSPS) is 13.3. The highest BCUT2D eigenvalue weighted by Crippen LogP contribution is 2.28. The Balaban J connectivity index is 2.03. The lowest BCUT2D eigenvalue weighted by Gasteiger charge is -2.05. The second-order valence-corrected chi connectivity index (χ2v) is 4.41. The first-order valence-electron chi connectivity index (χ1n) is 5.77. The molecule has 16 heavy (non-hydrogen) atoms. The topological polar surface area (TPSA) is 12.0 Å². The van der Waals surface area contributed by atoms with Crippen LogP contribution < -0.4 is 5.32 Å². The van der Waals surface area contributed by atoms with Gasteiger partial charge >= 0.3 is 0 Å². The molecule has 80 valence electrons. The van der Waals surface area contributed by atoms with Gasteiger partial charge in [0, 0.05) is 12.2 Å². The van der Waals surface area contributed by atoms with E-state index in [1.807, 2.05) is 0 Å². The molecule has 0 bridgehead atoms. The van der Waals surface area contributed by atoms with Gasteiger partial charge in [0.15, 0.2) is 0 Å². The van der Waals surface area contributed by atoms with Crippen LogP contribution in [0.25, 0.3) is 11.1 Å². The van der Waals surface area contributed by atoms with E-state index in [1.165, 1.54) is 27.9 Å². The van der Waals surface area contributed by atoms with Crippen LogP contribution in [0.3, 0.4) is 0 Å². The smallest absolute Gasteiger partial charge is 0.0379 e. The monoisotopic (exact) mass is 209 g/mol. The van der Waals surface area contributed by atoms with Gasteiger partial charge in [-0.15, -0.1) is 0 Å². The molecule has 1 aliphatic rings. The molecule has 0 saturated heterocycles. The molecular weight excluding hydrogens is 194 g/mol. The first kappa shape index (κ1) is 9.46. The Hall–Kier alpha value is -1.76. The van der Waals surface area contributed by atoms with Crippen LogP contribution in [0, 0.1) is 6.92 Å². The predicted octanol–water partition coefficient (Wildman–Crippen LogP) is 3.63. The van der Waals surface area contributed by atoms with Gasteiger partial charge in [-0.05, 0) is 36.1 Å². The molecule has 1 heterocycles. The van der Waals surface area contributed by atoms with Crippen molar-refractivity contribution in [2.75, 3.05) is 11.9 Å². The van der Waals surface area contributed by atoms with Crippen LogP contribution >= 0.6 is 0 Å². The summed E-state index contributed by atoms with van der Waals surface area (Å²) in [4.78, 5) is 0. The Morgan fingerprint density at radius 3 is 2.50 bits per heavy atom. The predicted molar refractivity (Wildman–Crippen MR) is 68.8 cm³/mol. The minimum atomic E-state index is 1.08. The molecule has 0 aromatic heterocycles. The van der Waals surface area contributed by atoms with Crippen LogP contribution in [0.2, 0.25) is 0 Å². The van der Waals surface area contributed by atoms with Gasteiger partial charge in [-0.3, -0.25) is 0 Å². The molecule has 3 rings (SSSR count). The average Bonchev–Trinajstić information content (AvgIpc) is 2.77. The van der Waals surface area contributed by atoms with E-state index in [2.05, 4.69) is 54.7 Å². The number of fused-ring (bicyclic) bond motifs is 1. The van der Waals surface area contributed by atoms with E-state index in [1.54, 1.807) is 0 Å².